The van der Waals surface area contributed by atoms with Crippen molar-refractivity contribution in [1.29, 1.82) is 5.26 Å². The lowest BCUT2D eigenvalue weighted by molar-refractivity contribution is 0.730. The average molecular weight is 624 g/mol. The Hall–Kier alpha value is -6.81. The molecule has 0 bridgehead atoms. The molecule has 49 heavy (non-hydrogen) atoms. The lowest BCUT2D eigenvalue weighted by Crippen LogP contribution is -2.38. The number of nitriles is 1. The Kier molecular flexibility index (Phi) is 6.48. The van der Waals surface area contributed by atoms with E-state index in [2.05, 4.69) is 167 Å². The average Bonchev–Trinajstić information content (AvgIpc) is 3.51. The highest BCUT2D eigenvalue weighted by molar-refractivity contribution is 6.09. The zero-order chi connectivity index (χ0) is 33.0. The van der Waals surface area contributed by atoms with Crippen molar-refractivity contribution in [3.8, 4) is 24.1 Å². The molecule has 0 atom stereocenters. The fraction of sp³-hybridized carbons (Fsp3) is 0.0217. The molecule has 0 amide bonds. The van der Waals surface area contributed by atoms with Crippen molar-refractivity contribution in [2.45, 2.75) is 5.41 Å². The lowest BCUT2D eigenvalue weighted by Gasteiger charge is -2.46. The van der Waals surface area contributed by atoms with E-state index in [9.17, 15) is 5.26 Å². The van der Waals surface area contributed by atoms with Crippen LogP contribution in [-0.2, 0) is 5.41 Å². The zero-order valence-electron chi connectivity index (χ0n) is 26.6. The van der Waals surface area contributed by atoms with Gasteiger partial charge in [0.05, 0.1) is 39.5 Å². The van der Waals surface area contributed by atoms with E-state index in [0.29, 0.717) is 5.56 Å². The van der Waals surface area contributed by atoms with Gasteiger partial charge in [0.2, 0.25) is 0 Å². The SMILES string of the molecule is C#Cc1ccc2c(c1)C(c1ccccc1)(c1ccccc1)c1cc(C#N)ccc1N2c1cccc(-n2c3ccccc3c3ccccc32)c1. The maximum Gasteiger partial charge on any atom is 0.0991 e. The molecule has 8 aromatic rings. The molecule has 7 aromatic carbocycles. The maximum atomic E-state index is 10.2. The van der Waals surface area contributed by atoms with Crippen LogP contribution in [0, 0.1) is 23.7 Å². The van der Waals surface area contributed by atoms with E-state index >= 15 is 0 Å². The summed E-state index contributed by atoms with van der Waals surface area (Å²) in [6.45, 7) is 0. The molecule has 9 rings (SSSR count). The van der Waals surface area contributed by atoms with E-state index in [0.717, 1.165) is 61.6 Å². The molecule has 0 radical (unpaired) electrons. The molecular formula is C46H29N3. The molecule has 0 saturated carbocycles. The zero-order valence-corrected chi connectivity index (χ0v) is 26.6. The molecule has 0 aliphatic carbocycles. The minimum absolute atomic E-state index is 0.602. The van der Waals surface area contributed by atoms with Gasteiger partial charge in [-0.15, -0.1) is 6.42 Å². The van der Waals surface area contributed by atoms with E-state index in [-0.39, 0.29) is 0 Å². The number of anilines is 3. The minimum Gasteiger partial charge on any atom is -0.310 e. The van der Waals surface area contributed by atoms with Crippen molar-refractivity contribution in [3.63, 3.8) is 0 Å². The van der Waals surface area contributed by atoms with Crippen LogP contribution in [0.15, 0.2) is 170 Å². The van der Waals surface area contributed by atoms with Gasteiger partial charge < -0.3 is 9.47 Å². The highest BCUT2D eigenvalue weighted by Gasteiger charge is 2.46. The quantitative estimate of drug-likeness (QED) is 0.183. The summed E-state index contributed by atoms with van der Waals surface area (Å²) < 4.78 is 2.35. The molecule has 0 spiro atoms. The second kappa shape index (κ2) is 11.2. The molecule has 1 aromatic heterocycles. The predicted octanol–water partition coefficient (Wildman–Crippen LogP) is 10.8. The topological polar surface area (TPSA) is 32.0 Å². The van der Waals surface area contributed by atoms with Crippen LogP contribution in [0.3, 0.4) is 0 Å². The molecule has 3 nitrogen and oxygen atoms in total. The fourth-order valence-corrected chi connectivity index (χ4v) is 7.91. The van der Waals surface area contributed by atoms with Crippen LogP contribution in [0.25, 0.3) is 27.5 Å². The number of terminal acetylenes is 1. The van der Waals surface area contributed by atoms with Crippen LogP contribution in [0.5, 0.6) is 0 Å². The van der Waals surface area contributed by atoms with Crippen molar-refractivity contribution >= 4 is 38.9 Å². The lowest BCUT2D eigenvalue weighted by atomic mass is 9.62. The highest BCUT2D eigenvalue weighted by atomic mass is 15.2. The summed E-state index contributed by atoms with van der Waals surface area (Å²) in [4.78, 5) is 2.33. The molecule has 0 fully saturated rings. The van der Waals surface area contributed by atoms with E-state index in [1.54, 1.807) is 0 Å². The van der Waals surface area contributed by atoms with Gasteiger partial charge in [0, 0.05) is 27.7 Å². The van der Waals surface area contributed by atoms with Crippen LogP contribution in [0.4, 0.5) is 17.1 Å². The van der Waals surface area contributed by atoms with E-state index in [1.807, 2.05) is 24.3 Å². The van der Waals surface area contributed by atoms with Crippen molar-refractivity contribution in [1.82, 2.24) is 4.57 Å². The van der Waals surface area contributed by atoms with E-state index in [4.69, 9.17) is 6.42 Å². The summed E-state index contributed by atoms with van der Waals surface area (Å²) in [6.07, 6.45) is 6.09. The van der Waals surface area contributed by atoms with Crippen molar-refractivity contribution in [3.05, 3.63) is 203 Å². The van der Waals surface area contributed by atoms with Crippen molar-refractivity contribution in [2.24, 2.45) is 0 Å². The molecule has 2 heterocycles. The van der Waals surface area contributed by atoms with Gasteiger partial charge in [-0.25, -0.2) is 0 Å². The third-order valence-electron chi connectivity index (χ3n) is 9.92. The molecule has 0 N–H and O–H groups in total. The molecule has 3 heteroatoms. The molecule has 1 aliphatic rings. The number of nitrogens with zero attached hydrogens (tertiary/aromatic N) is 3. The highest BCUT2D eigenvalue weighted by Crippen LogP contribution is 2.58. The molecule has 0 unspecified atom stereocenters. The van der Waals surface area contributed by atoms with Crippen molar-refractivity contribution in [2.75, 3.05) is 4.90 Å². The normalized spacial score (nSPS) is 13.0. The van der Waals surface area contributed by atoms with E-state index < -0.39 is 5.41 Å². The van der Waals surface area contributed by atoms with Gasteiger partial charge in [-0.2, -0.15) is 5.26 Å². The maximum absolute atomic E-state index is 10.2. The van der Waals surface area contributed by atoms with Gasteiger partial charge in [-0.1, -0.05) is 109 Å². The Balaban J connectivity index is 1.37. The number of hydrogen-bond acceptors (Lipinski definition) is 2. The first-order chi connectivity index (χ1) is 24.2. The number of benzene rings is 7. The minimum atomic E-state index is -0.742. The summed E-state index contributed by atoms with van der Waals surface area (Å²) in [5, 5.41) is 12.7. The first kappa shape index (κ1) is 28.4. The number of aromatic nitrogens is 1. The van der Waals surface area contributed by atoms with Crippen LogP contribution < -0.4 is 4.90 Å². The molecule has 228 valence electrons. The number of para-hydroxylation sites is 2. The summed E-state index contributed by atoms with van der Waals surface area (Å²) in [7, 11) is 0. The third-order valence-corrected chi connectivity index (χ3v) is 9.92. The fourth-order valence-electron chi connectivity index (χ4n) is 7.91. The van der Waals surface area contributed by atoms with Gasteiger partial charge in [-0.05, 0) is 89.0 Å². The first-order valence-electron chi connectivity index (χ1n) is 16.4. The van der Waals surface area contributed by atoms with Crippen LogP contribution in [-0.4, -0.2) is 4.57 Å². The van der Waals surface area contributed by atoms with Gasteiger partial charge in [0.25, 0.3) is 0 Å². The van der Waals surface area contributed by atoms with Gasteiger partial charge in [0.15, 0.2) is 0 Å². The van der Waals surface area contributed by atoms with Gasteiger partial charge in [-0.3, -0.25) is 0 Å². The largest absolute Gasteiger partial charge is 0.310 e. The Bertz CT molecular complexity index is 2470. The second-order valence-electron chi connectivity index (χ2n) is 12.4. The van der Waals surface area contributed by atoms with Crippen LogP contribution >= 0.6 is 0 Å². The Morgan fingerprint density at radius 3 is 1.57 bits per heavy atom. The van der Waals surface area contributed by atoms with E-state index in [1.165, 1.54) is 10.8 Å². The standard InChI is InChI=1S/C46H29N3/c1-2-32-24-26-44-40(28-32)46(34-14-5-3-6-15-34,35-16-7-4-8-17-35)41-29-33(31-47)25-27-45(41)49(44)37-19-13-18-36(30-37)48-42-22-11-9-20-38(42)39-21-10-12-23-43(39)48/h1,3-30H. The molecular weight excluding hydrogens is 595 g/mol. The third kappa shape index (κ3) is 4.17. The first-order valence-corrected chi connectivity index (χ1v) is 16.4. The Labute approximate surface area is 285 Å². The smallest absolute Gasteiger partial charge is 0.0991 e. The van der Waals surface area contributed by atoms with Crippen LogP contribution in [0.2, 0.25) is 0 Å². The second-order valence-corrected chi connectivity index (χ2v) is 12.4. The Morgan fingerprint density at radius 1 is 0.490 bits per heavy atom. The number of rotatable bonds is 4. The number of hydrogen-bond donors (Lipinski definition) is 0. The monoisotopic (exact) mass is 623 g/mol. The van der Waals surface area contributed by atoms with Crippen molar-refractivity contribution < 1.29 is 0 Å². The van der Waals surface area contributed by atoms with Gasteiger partial charge >= 0.3 is 0 Å². The summed E-state index contributed by atoms with van der Waals surface area (Å²) in [6, 6.07) is 61.9. The summed E-state index contributed by atoms with van der Waals surface area (Å²) >= 11 is 0. The number of fused-ring (bicyclic) bond motifs is 5. The molecule has 0 saturated heterocycles. The molecule has 1 aliphatic heterocycles. The van der Waals surface area contributed by atoms with Crippen LogP contribution in [0.1, 0.15) is 33.4 Å². The Morgan fingerprint density at radius 2 is 1.00 bits per heavy atom. The van der Waals surface area contributed by atoms with Gasteiger partial charge in [0.1, 0.15) is 0 Å². The predicted molar refractivity (Wildman–Crippen MR) is 200 cm³/mol. The summed E-state index contributed by atoms with van der Waals surface area (Å²) in [5.41, 5.74) is 11.4. The summed E-state index contributed by atoms with van der Waals surface area (Å²) in [5.74, 6) is 2.91.